The van der Waals surface area contributed by atoms with Gasteiger partial charge in [0.05, 0.1) is 6.04 Å². The fraction of sp³-hybridized carbons (Fsp3) is 0.486. The fourth-order valence-corrected chi connectivity index (χ4v) is 5.99. The minimum Gasteiger partial charge on any atom is -0.480 e. The van der Waals surface area contributed by atoms with E-state index in [0.29, 0.717) is 32.2 Å². The second-order valence-corrected chi connectivity index (χ2v) is 14.3. The van der Waals surface area contributed by atoms with Crippen LogP contribution < -0.4 is 27.0 Å². The third kappa shape index (κ3) is 12.9. The zero-order valence-electron chi connectivity index (χ0n) is 28.4. The predicted molar refractivity (Wildman–Crippen MR) is 194 cm³/mol. The number of benzene rings is 3. The Labute approximate surface area is 284 Å². The summed E-state index contributed by atoms with van der Waals surface area (Å²) in [4.78, 5) is 39.1. The summed E-state index contributed by atoms with van der Waals surface area (Å²) in [5, 5.41) is 24.6. The van der Waals surface area contributed by atoms with Crippen LogP contribution in [0.3, 0.4) is 0 Å². The van der Waals surface area contributed by atoms with Gasteiger partial charge in [0.2, 0.25) is 11.8 Å². The van der Waals surface area contributed by atoms with Gasteiger partial charge in [0.25, 0.3) is 0 Å². The molecule has 0 aliphatic heterocycles. The van der Waals surface area contributed by atoms with Crippen molar-refractivity contribution in [3.63, 3.8) is 0 Å². The molecule has 9 nitrogen and oxygen atoms in total. The number of carbonyl (C=O) groups excluding carboxylic acids is 2. The van der Waals surface area contributed by atoms with Crippen LogP contribution in [-0.4, -0.2) is 77.7 Å². The number of fused-ring (bicyclic) bond motifs is 1. The van der Waals surface area contributed by atoms with Gasteiger partial charge in [-0.15, -0.1) is 0 Å². The summed E-state index contributed by atoms with van der Waals surface area (Å²) in [5.74, 6) is -0.569. The topological polar surface area (TPSA) is 146 Å². The van der Waals surface area contributed by atoms with Crippen LogP contribution in [0.5, 0.6) is 0 Å². The molecule has 47 heavy (non-hydrogen) atoms. The zero-order chi connectivity index (χ0) is 34.4. The Kier molecular flexibility index (Phi) is 15.2. The van der Waals surface area contributed by atoms with Crippen LogP contribution in [0.4, 0.5) is 0 Å². The number of carboxylic acids is 1. The van der Waals surface area contributed by atoms with Crippen molar-refractivity contribution in [2.75, 3.05) is 25.1 Å². The molecule has 4 atom stereocenters. The second-order valence-electron chi connectivity index (χ2n) is 13.3. The van der Waals surface area contributed by atoms with Gasteiger partial charge >= 0.3 is 5.97 Å². The van der Waals surface area contributed by atoms with E-state index in [1.807, 2.05) is 62.6 Å². The van der Waals surface area contributed by atoms with Crippen LogP contribution in [0, 0.1) is 5.92 Å². The summed E-state index contributed by atoms with van der Waals surface area (Å²) in [5.41, 5.74) is 7.44. The highest BCUT2D eigenvalue weighted by atomic mass is 32.2. The predicted octanol–water partition coefficient (Wildman–Crippen LogP) is 4.13. The molecule has 0 bridgehead atoms. The summed E-state index contributed by atoms with van der Waals surface area (Å²) in [6.45, 7) is 8.03. The van der Waals surface area contributed by atoms with E-state index in [9.17, 15) is 19.5 Å². The lowest BCUT2D eigenvalue weighted by atomic mass is 9.99. The van der Waals surface area contributed by atoms with E-state index in [-0.39, 0.29) is 30.3 Å². The molecule has 3 rings (SSSR count). The van der Waals surface area contributed by atoms with Crippen molar-refractivity contribution in [2.24, 2.45) is 11.7 Å². The van der Waals surface area contributed by atoms with E-state index in [4.69, 9.17) is 5.73 Å². The van der Waals surface area contributed by atoms with E-state index >= 15 is 0 Å². The number of thioether (sulfide) groups is 1. The van der Waals surface area contributed by atoms with Crippen LogP contribution in [-0.2, 0) is 27.2 Å². The van der Waals surface area contributed by atoms with Crippen LogP contribution in [0.1, 0.15) is 51.7 Å². The number of carbonyl (C=O) groups is 3. The van der Waals surface area contributed by atoms with Crippen LogP contribution in [0.2, 0.25) is 0 Å². The highest BCUT2D eigenvalue weighted by Crippen LogP contribution is 2.17. The lowest BCUT2D eigenvalue weighted by Gasteiger charge is -2.31. The van der Waals surface area contributed by atoms with Crippen LogP contribution in [0.25, 0.3) is 10.8 Å². The highest BCUT2D eigenvalue weighted by molar-refractivity contribution is 7.98. The molecule has 0 radical (unpaired) electrons. The zero-order valence-corrected chi connectivity index (χ0v) is 29.2. The number of hydrogen-bond acceptors (Lipinski definition) is 7. The first-order valence-corrected chi connectivity index (χ1v) is 17.9. The Morgan fingerprint density at radius 2 is 1.51 bits per heavy atom. The van der Waals surface area contributed by atoms with E-state index < -0.39 is 29.6 Å². The quantitative estimate of drug-likeness (QED) is 0.106. The molecule has 0 aliphatic rings. The molecule has 0 aliphatic carbocycles. The molecular formula is C37H53N5O4S. The molecule has 4 unspecified atom stereocenters. The third-order valence-electron chi connectivity index (χ3n) is 8.14. The molecule has 0 fully saturated rings. The maximum atomic E-state index is 13.6. The van der Waals surface area contributed by atoms with Gasteiger partial charge in [-0.2, -0.15) is 11.8 Å². The smallest absolute Gasteiger partial charge is 0.320 e. The van der Waals surface area contributed by atoms with Crippen LogP contribution in [0.15, 0.2) is 72.8 Å². The highest BCUT2D eigenvalue weighted by Gasteiger charge is 2.34. The van der Waals surface area contributed by atoms with Gasteiger partial charge in [0, 0.05) is 25.2 Å². The number of hydrogen-bond donors (Lipinski definition) is 6. The first-order valence-electron chi connectivity index (χ1n) is 16.5. The SMILES string of the molecule is CSCCC(NCC(N)Cc1ccc2ccccc2c1)C(=O)NC(C)(C)C(=O)NC(CNC(CC(C)C)C(=O)O)Cc1ccccc1. The molecule has 0 saturated carbocycles. The van der Waals surface area contributed by atoms with Gasteiger partial charge in [-0.05, 0) is 79.4 Å². The molecule has 3 aromatic rings. The standard InChI is InChI=1S/C37H53N5O4S/c1-25(2)19-33(35(44)45)40-24-31(22-26-11-7-6-8-12-26)41-36(46)37(3,4)42-34(43)32(17-18-47-5)39-23-30(38)21-27-15-16-28-13-9-10-14-29(28)20-27/h6-16,20,25,30-33,39-40H,17-19,21-24,38H2,1-5H3,(H,41,46)(H,42,43)(H,44,45). The average molecular weight is 664 g/mol. The third-order valence-corrected chi connectivity index (χ3v) is 8.79. The number of aliphatic carboxylic acids is 1. The molecule has 0 aromatic heterocycles. The molecule has 0 heterocycles. The molecule has 0 spiro atoms. The maximum absolute atomic E-state index is 13.6. The number of nitrogens with one attached hydrogen (secondary N) is 4. The average Bonchev–Trinajstić information content (AvgIpc) is 3.02. The fourth-order valence-electron chi connectivity index (χ4n) is 5.51. The molecule has 3 aromatic carbocycles. The Balaban J connectivity index is 1.63. The van der Waals surface area contributed by atoms with Gasteiger partial charge in [0.15, 0.2) is 0 Å². The first kappa shape index (κ1) is 38.0. The summed E-state index contributed by atoms with van der Waals surface area (Å²) in [6.07, 6.45) is 4.22. The van der Waals surface area contributed by atoms with Crippen molar-refractivity contribution in [1.82, 2.24) is 21.3 Å². The van der Waals surface area contributed by atoms with E-state index in [2.05, 4.69) is 51.6 Å². The summed E-state index contributed by atoms with van der Waals surface area (Å²) < 4.78 is 0. The Morgan fingerprint density at radius 1 is 0.851 bits per heavy atom. The largest absolute Gasteiger partial charge is 0.480 e. The minimum atomic E-state index is -1.22. The molecular weight excluding hydrogens is 611 g/mol. The van der Waals surface area contributed by atoms with Gasteiger partial charge in [-0.1, -0.05) is 86.6 Å². The van der Waals surface area contributed by atoms with Gasteiger partial charge in [-0.3, -0.25) is 14.4 Å². The molecule has 10 heteroatoms. The Hall–Kier alpha value is -3.44. The number of carboxylic acid groups (broad SMARTS) is 1. The van der Waals surface area contributed by atoms with E-state index in [1.165, 1.54) is 10.8 Å². The lowest BCUT2D eigenvalue weighted by Crippen LogP contribution is -2.61. The number of rotatable bonds is 20. The monoisotopic (exact) mass is 663 g/mol. The van der Waals surface area contributed by atoms with Crippen molar-refractivity contribution < 1.29 is 19.5 Å². The minimum absolute atomic E-state index is 0.195. The second kappa shape index (κ2) is 18.8. The van der Waals surface area contributed by atoms with E-state index in [0.717, 1.165) is 16.9 Å². The van der Waals surface area contributed by atoms with Crippen molar-refractivity contribution in [3.05, 3.63) is 83.9 Å². The van der Waals surface area contributed by atoms with Gasteiger partial charge in [0.1, 0.15) is 11.6 Å². The number of amides is 2. The van der Waals surface area contributed by atoms with Crippen LogP contribution >= 0.6 is 11.8 Å². The van der Waals surface area contributed by atoms with Crippen molar-refractivity contribution in [3.8, 4) is 0 Å². The van der Waals surface area contributed by atoms with Gasteiger partial charge in [-0.25, -0.2) is 0 Å². The normalized spacial score (nSPS) is 14.4. The van der Waals surface area contributed by atoms with Crippen molar-refractivity contribution in [1.29, 1.82) is 0 Å². The number of nitrogens with two attached hydrogens (primary N) is 1. The first-order chi connectivity index (χ1) is 22.4. The van der Waals surface area contributed by atoms with Gasteiger partial charge < -0.3 is 32.1 Å². The van der Waals surface area contributed by atoms with Crippen molar-refractivity contribution in [2.45, 2.75) is 83.1 Å². The summed E-state index contributed by atoms with van der Waals surface area (Å²) in [6, 6.07) is 22.4. The molecule has 256 valence electrons. The lowest BCUT2D eigenvalue weighted by molar-refractivity contribution is -0.140. The van der Waals surface area contributed by atoms with Crippen molar-refractivity contribution >= 4 is 40.3 Å². The molecule has 0 saturated heterocycles. The molecule has 2 amide bonds. The molecule has 7 N–H and O–H groups in total. The summed E-state index contributed by atoms with van der Waals surface area (Å²) in [7, 11) is 0. The summed E-state index contributed by atoms with van der Waals surface area (Å²) >= 11 is 1.65. The Bertz CT molecular complexity index is 1430. The van der Waals surface area contributed by atoms with E-state index in [1.54, 1.807) is 25.6 Å². The Morgan fingerprint density at radius 3 is 2.17 bits per heavy atom. The maximum Gasteiger partial charge on any atom is 0.320 e.